The molecule has 0 radical (unpaired) electrons. The smallest absolute Gasteiger partial charge is 0.251 e. The van der Waals surface area contributed by atoms with Gasteiger partial charge in [-0.1, -0.05) is 17.4 Å². The summed E-state index contributed by atoms with van der Waals surface area (Å²) in [7, 11) is 1.69. The highest BCUT2D eigenvalue weighted by Crippen LogP contribution is 2.31. The van der Waals surface area contributed by atoms with Crippen LogP contribution in [0.3, 0.4) is 0 Å². The fourth-order valence-corrected chi connectivity index (χ4v) is 5.67. The summed E-state index contributed by atoms with van der Waals surface area (Å²) in [6.45, 7) is 5.42. The van der Waals surface area contributed by atoms with Gasteiger partial charge in [-0.2, -0.15) is 0 Å². The number of amides is 1. The molecule has 0 bridgehead atoms. The third-order valence-corrected chi connectivity index (χ3v) is 7.63. The highest BCUT2D eigenvalue weighted by Gasteiger charge is 2.20. The van der Waals surface area contributed by atoms with E-state index in [0.717, 1.165) is 72.2 Å². The average Bonchev–Trinajstić information content (AvgIpc) is 3.27. The Bertz CT molecular complexity index is 1100. The number of benzene rings is 2. The predicted octanol–water partition coefficient (Wildman–Crippen LogP) is 3.74. The van der Waals surface area contributed by atoms with Crippen molar-refractivity contribution in [2.24, 2.45) is 0 Å². The van der Waals surface area contributed by atoms with Crippen LogP contribution >= 0.6 is 11.3 Å². The van der Waals surface area contributed by atoms with Crippen molar-refractivity contribution in [3.8, 4) is 5.75 Å². The van der Waals surface area contributed by atoms with Crippen LogP contribution in [0.15, 0.2) is 36.4 Å². The van der Waals surface area contributed by atoms with E-state index >= 15 is 0 Å². The molecule has 0 atom stereocenters. The number of hydrogen-bond donors (Lipinski definition) is 1. The van der Waals surface area contributed by atoms with E-state index in [1.165, 1.54) is 24.0 Å². The second-order valence-electron chi connectivity index (χ2n) is 8.61. The molecule has 1 fully saturated rings. The molecule has 0 unspecified atom stereocenters. The first-order valence-electron chi connectivity index (χ1n) is 11.5. The second kappa shape index (κ2) is 9.46. The lowest BCUT2D eigenvalue weighted by molar-refractivity contribution is 0.0947. The van der Waals surface area contributed by atoms with Crippen molar-refractivity contribution in [2.45, 2.75) is 25.7 Å². The fraction of sp³-hybridized carbons (Fsp3) is 0.440. The van der Waals surface area contributed by atoms with Gasteiger partial charge in [0, 0.05) is 44.8 Å². The molecule has 168 valence electrons. The SMILES string of the molecule is COc1ccc2nc(N3CCN(CCNC(=O)c4ccc5c(c4)CCCC5)CC3)sc2c1. The molecule has 1 aliphatic carbocycles. The Morgan fingerprint density at radius 3 is 2.69 bits per heavy atom. The summed E-state index contributed by atoms with van der Waals surface area (Å²) in [5.41, 5.74) is 4.59. The van der Waals surface area contributed by atoms with Crippen LogP contribution in [-0.4, -0.2) is 62.2 Å². The Balaban J connectivity index is 1.10. The zero-order chi connectivity index (χ0) is 21.9. The normalized spacial score (nSPS) is 16.7. The molecule has 0 spiro atoms. The molecule has 1 aliphatic heterocycles. The summed E-state index contributed by atoms with van der Waals surface area (Å²) < 4.78 is 6.49. The summed E-state index contributed by atoms with van der Waals surface area (Å²) in [4.78, 5) is 22.2. The number of nitrogens with one attached hydrogen (secondary N) is 1. The van der Waals surface area contributed by atoms with Crippen LogP contribution in [0.2, 0.25) is 0 Å². The number of hydrogen-bond acceptors (Lipinski definition) is 6. The predicted molar refractivity (Wildman–Crippen MR) is 130 cm³/mol. The number of methoxy groups -OCH3 is 1. The van der Waals surface area contributed by atoms with E-state index in [4.69, 9.17) is 9.72 Å². The van der Waals surface area contributed by atoms with Crippen LogP contribution in [0.4, 0.5) is 5.13 Å². The van der Waals surface area contributed by atoms with Crippen molar-refractivity contribution in [2.75, 3.05) is 51.3 Å². The van der Waals surface area contributed by atoms with Gasteiger partial charge in [0.2, 0.25) is 0 Å². The van der Waals surface area contributed by atoms with Gasteiger partial charge in [0.05, 0.1) is 17.3 Å². The third kappa shape index (κ3) is 4.59. The molecule has 6 nitrogen and oxygen atoms in total. The van der Waals surface area contributed by atoms with E-state index in [0.29, 0.717) is 6.54 Å². The van der Waals surface area contributed by atoms with Gasteiger partial charge < -0.3 is 15.0 Å². The van der Waals surface area contributed by atoms with E-state index in [9.17, 15) is 4.79 Å². The van der Waals surface area contributed by atoms with E-state index in [2.05, 4.69) is 33.3 Å². The number of ether oxygens (including phenoxy) is 1. The lowest BCUT2D eigenvalue weighted by atomic mass is 9.90. The Labute approximate surface area is 193 Å². The average molecular weight is 451 g/mol. The molecule has 0 saturated carbocycles. The van der Waals surface area contributed by atoms with Crippen LogP contribution < -0.4 is 15.0 Å². The van der Waals surface area contributed by atoms with E-state index < -0.39 is 0 Å². The number of thiazole rings is 1. The summed E-state index contributed by atoms with van der Waals surface area (Å²) in [6.07, 6.45) is 4.74. The van der Waals surface area contributed by atoms with Crippen molar-refractivity contribution >= 4 is 32.6 Å². The molecule has 1 saturated heterocycles. The first-order valence-corrected chi connectivity index (χ1v) is 12.3. The molecule has 32 heavy (non-hydrogen) atoms. The molecular formula is C25H30N4O2S. The Kier molecular flexibility index (Phi) is 6.28. The number of nitrogens with zero attached hydrogens (tertiary/aromatic N) is 3. The molecule has 1 aromatic heterocycles. The molecule has 5 rings (SSSR count). The quantitative estimate of drug-likeness (QED) is 0.620. The second-order valence-corrected chi connectivity index (χ2v) is 9.61. The number of aryl methyl sites for hydroxylation is 2. The van der Waals surface area contributed by atoms with Crippen LogP contribution in [0.5, 0.6) is 5.75 Å². The van der Waals surface area contributed by atoms with Crippen molar-refractivity contribution in [3.63, 3.8) is 0 Å². The van der Waals surface area contributed by atoms with Crippen molar-refractivity contribution in [1.29, 1.82) is 0 Å². The molecule has 1 amide bonds. The van der Waals surface area contributed by atoms with Crippen molar-refractivity contribution < 1.29 is 9.53 Å². The Morgan fingerprint density at radius 1 is 1.06 bits per heavy atom. The van der Waals surface area contributed by atoms with Crippen LogP contribution in [-0.2, 0) is 12.8 Å². The van der Waals surface area contributed by atoms with Gasteiger partial charge in [0.25, 0.3) is 5.91 Å². The van der Waals surface area contributed by atoms with Gasteiger partial charge in [-0.05, 0) is 67.1 Å². The number of fused-ring (bicyclic) bond motifs is 2. The minimum atomic E-state index is 0.0434. The number of piperazine rings is 1. The van der Waals surface area contributed by atoms with Gasteiger partial charge in [-0.3, -0.25) is 9.69 Å². The highest BCUT2D eigenvalue weighted by atomic mass is 32.1. The number of carbonyl (C=O) groups is 1. The molecule has 3 aromatic rings. The van der Waals surface area contributed by atoms with Crippen LogP contribution in [0, 0.1) is 0 Å². The Hall–Kier alpha value is -2.64. The molecule has 2 aliphatic rings. The number of anilines is 1. The van der Waals surface area contributed by atoms with E-state index in [1.807, 2.05) is 18.2 Å². The molecular weight excluding hydrogens is 420 g/mol. The van der Waals surface area contributed by atoms with Gasteiger partial charge >= 0.3 is 0 Å². The third-order valence-electron chi connectivity index (χ3n) is 6.55. The number of aromatic nitrogens is 1. The minimum absolute atomic E-state index is 0.0434. The topological polar surface area (TPSA) is 57.7 Å². The summed E-state index contributed by atoms with van der Waals surface area (Å²) >= 11 is 1.72. The van der Waals surface area contributed by atoms with Gasteiger partial charge in [0.15, 0.2) is 5.13 Å². The highest BCUT2D eigenvalue weighted by molar-refractivity contribution is 7.22. The van der Waals surface area contributed by atoms with E-state index in [1.54, 1.807) is 18.4 Å². The number of carbonyl (C=O) groups excluding carboxylic acids is 1. The van der Waals surface area contributed by atoms with Crippen molar-refractivity contribution in [1.82, 2.24) is 15.2 Å². The van der Waals surface area contributed by atoms with Gasteiger partial charge in [-0.25, -0.2) is 4.98 Å². The molecule has 7 heteroatoms. The lowest BCUT2D eigenvalue weighted by Gasteiger charge is -2.34. The van der Waals surface area contributed by atoms with Gasteiger partial charge in [0.1, 0.15) is 5.75 Å². The van der Waals surface area contributed by atoms with Crippen LogP contribution in [0.25, 0.3) is 10.2 Å². The zero-order valence-corrected chi connectivity index (χ0v) is 19.4. The largest absolute Gasteiger partial charge is 0.497 e. The maximum absolute atomic E-state index is 12.6. The fourth-order valence-electron chi connectivity index (χ4n) is 4.62. The van der Waals surface area contributed by atoms with Gasteiger partial charge in [-0.15, -0.1) is 0 Å². The summed E-state index contributed by atoms with van der Waals surface area (Å²) in [5, 5.41) is 4.19. The monoisotopic (exact) mass is 450 g/mol. The van der Waals surface area contributed by atoms with Crippen molar-refractivity contribution in [3.05, 3.63) is 53.1 Å². The molecule has 2 heterocycles. The zero-order valence-electron chi connectivity index (χ0n) is 18.6. The molecule has 2 aromatic carbocycles. The van der Waals surface area contributed by atoms with Crippen LogP contribution in [0.1, 0.15) is 34.3 Å². The standard InChI is InChI=1S/C25H30N4O2S/c1-31-21-8-9-22-23(17-21)32-25(27-22)29-14-12-28(13-15-29)11-10-26-24(30)20-7-6-18-4-2-3-5-19(18)16-20/h6-9,16-17H,2-5,10-15H2,1H3,(H,26,30). The maximum Gasteiger partial charge on any atom is 0.251 e. The number of rotatable bonds is 6. The minimum Gasteiger partial charge on any atom is -0.497 e. The van der Waals surface area contributed by atoms with E-state index in [-0.39, 0.29) is 5.91 Å². The first-order chi connectivity index (χ1) is 15.7. The first kappa shape index (κ1) is 21.2. The lowest BCUT2D eigenvalue weighted by Crippen LogP contribution is -2.48. The molecule has 1 N–H and O–H groups in total. The summed E-state index contributed by atoms with van der Waals surface area (Å²) in [6, 6.07) is 12.2. The summed E-state index contributed by atoms with van der Waals surface area (Å²) in [5.74, 6) is 0.914. The maximum atomic E-state index is 12.6. The Morgan fingerprint density at radius 2 is 1.88 bits per heavy atom.